The zero-order valence-corrected chi connectivity index (χ0v) is 22.0. The highest BCUT2D eigenvalue weighted by atomic mass is 32.2. The SMILES string of the molecule is COc1ccc(-c2cnc3[nH]cc(-c4c(C)nn(Cc5cc(F)cc(F)c5)c4C)c3c2)cc1NS(C)(=O)=O. The fourth-order valence-corrected chi connectivity index (χ4v) is 5.21. The average Bonchev–Trinajstić information content (AvgIpc) is 3.36. The summed E-state index contributed by atoms with van der Waals surface area (Å²) >= 11 is 0. The number of halogens is 2. The van der Waals surface area contributed by atoms with E-state index in [9.17, 15) is 17.2 Å². The molecular formula is C27H25F2N5O3S. The molecule has 0 atom stereocenters. The van der Waals surface area contributed by atoms with Crippen molar-refractivity contribution in [2.75, 3.05) is 18.1 Å². The molecule has 5 rings (SSSR count). The number of methoxy groups -OCH3 is 1. The second kappa shape index (κ2) is 9.56. The Morgan fingerprint density at radius 3 is 2.47 bits per heavy atom. The molecule has 2 N–H and O–H groups in total. The van der Waals surface area contributed by atoms with E-state index in [1.807, 2.05) is 32.2 Å². The number of sulfonamides is 1. The second-order valence-electron chi connectivity index (χ2n) is 9.09. The van der Waals surface area contributed by atoms with Gasteiger partial charge in [0, 0.05) is 46.2 Å². The first-order valence-electron chi connectivity index (χ1n) is 11.6. The van der Waals surface area contributed by atoms with Gasteiger partial charge in [-0.2, -0.15) is 5.10 Å². The number of aromatic nitrogens is 4. The van der Waals surface area contributed by atoms with Crippen LogP contribution in [0.3, 0.4) is 0 Å². The number of aromatic amines is 1. The molecule has 38 heavy (non-hydrogen) atoms. The number of nitrogens with zero attached hydrogens (tertiary/aromatic N) is 3. The van der Waals surface area contributed by atoms with E-state index in [0.717, 1.165) is 51.4 Å². The largest absolute Gasteiger partial charge is 0.495 e. The van der Waals surface area contributed by atoms with Crippen LogP contribution in [0.1, 0.15) is 17.0 Å². The third kappa shape index (κ3) is 4.97. The predicted octanol–water partition coefficient (Wildman–Crippen LogP) is 5.42. The summed E-state index contributed by atoms with van der Waals surface area (Å²) < 4.78 is 60.6. The summed E-state index contributed by atoms with van der Waals surface area (Å²) in [5, 5.41) is 5.48. The molecule has 0 spiro atoms. The smallest absolute Gasteiger partial charge is 0.229 e. The van der Waals surface area contributed by atoms with Crippen LogP contribution >= 0.6 is 0 Å². The van der Waals surface area contributed by atoms with Crippen LogP contribution in [0.5, 0.6) is 5.75 Å². The Morgan fingerprint density at radius 1 is 1.05 bits per heavy atom. The van der Waals surface area contributed by atoms with Gasteiger partial charge in [0.25, 0.3) is 0 Å². The highest BCUT2D eigenvalue weighted by molar-refractivity contribution is 7.92. The van der Waals surface area contributed by atoms with Crippen molar-refractivity contribution in [2.45, 2.75) is 20.4 Å². The van der Waals surface area contributed by atoms with E-state index < -0.39 is 21.7 Å². The molecule has 8 nitrogen and oxygen atoms in total. The minimum absolute atomic E-state index is 0.217. The van der Waals surface area contributed by atoms with Crippen molar-refractivity contribution in [3.63, 3.8) is 0 Å². The maximum atomic E-state index is 13.7. The number of pyridine rings is 1. The van der Waals surface area contributed by atoms with Gasteiger partial charge in [0.15, 0.2) is 0 Å². The molecule has 2 aromatic carbocycles. The highest BCUT2D eigenvalue weighted by Gasteiger charge is 2.19. The van der Waals surface area contributed by atoms with Gasteiger partial charge in [-0.1, -0.05) is 6.07 Å². The second-order valence-corrected chi connectivity index (χ2v) is 10.8. The summed E-state index contributed by atoms with van der Waals surface area (Å²) in [6, 6.07) is 10.6. The average molecular weight is 538 g/mol. The predicted molar refractivity (Wildman–Crippen MR) is 143 cm³/mol. The fourth-order valence-electron chi connectivity index (χ4n) is 4.65. The Bertz CT molecular complexity index is 1770. The van der Waals surface area contributed by atoms with E-state index in [4.69, 9.17) is 4.74 Å². The number of ether oxygens (including phenoxy) is 1. The standard InChI is InChI=1S/C27H25F2N5O3S/c1-15-26(16(2)34(32-15)14-17-7-20(28)11-21(29)8-17)23-13-31-27-22(23)9-19(12-30-27)18-5-6-25(37-3)24(10-18)33-38(4,35)36/h5-13,33H,14H2,1-4H3,(H,30,31). The molecule has 0 radical (unpaired) electrons. The monoisotopic (exact) mass is 537 g/mol. The first-order chi connectivity index (χ1) is 18.0. The van der Waals surface area contributed by atoms with Crippen molar-refractivity contribution >= 4 is 26.7 Å². The lowest BCUT2D eigenvalue weighted by Crippen LogP contribution is -2.10. The number of nitrogens with one attached hydrogen (secondary N) is 2. The maximum Gasteiger partial charge on any atom is 0.229 e. The minimum atomic E-state index is -3.51. The van der Waals surface area contributed by atoms with Crippen molar-refractivity contribution < 1.29 is 21.9 Å². The molecule has 0 aliphatic carbocycles. The van der Waals surface area contributed by atoms with Gasteiger partial charge in [0.05, 0.1) is 31.3 Å². The highest BCUT2D eigenvalue weighted by Crippen LogP contribution is 2.36. The van der Waals surface area contributed by atoms with Crippen LogP contribution < -0.4 is 9.46 Å². The molecule has 3 heterocycles. The van der Waals surface area contributed by atoms with E-state index in [1.165, 1.54) is 19.2 Å². The van der Waals surface area contributed by atoms with E-state index >= 15 is 0 Å². The van der Waals surface area contributed by atoms with Crippen LogP contribution in [-0.2, 0) is 16.6 Å². The Hall–Kier alpha value is -4.25. The molecule has 0 bridgehead atoms. The van der Waals surface area contributed by atoms with Crippen LogP contribution in [-0.4, -0.2) is 41.5 Å². The molecule has 3 aromatic heterocycles. The first kappa shape index (κ1) is 25.4. The number of hydrogen-bond donors (Lipinski definition) is 2. The van der Waals surface area contributed by atoms with Gasteiger partial charge < -0.3 is 9.72 Å². The van der Waals surface area contributed by atoms with Crippen molar-refractivity contribution in [3.8, 4) is 28.0 Å². The van der Waals surface area contributed by atoms with Gasteiger partial charge in [-0.05, 0) is 55.3 Å². The Morgan fingerprint density at radius 2 is 1.79 bits per heavy atom. The lowest BCUT2D eigenvalue weighted by Gasteiger charge is -2.12. The Balaban J connectivity index is 1.56. The molecule has 11 heteroatoms. The molecule has 0 aliphatic rings. The van der Waals surface area contributed by atoms with Crippen molar-refractivity contribution in [2.24, 2.45) is 0 Å². The summed E-state index contributed by atoms with van der Waals surface area (Å²) in [4.78, 5) is 7.76. The van der Waals surface area contributed by atoms with Gasteiger partial charge in [-0.3, -0.25) is 9.40 Å². The number of hydrogen-bond acceptors (Lipinski definition) is 5. The first-order valence-corrected chi connectivity index (χ1v) is 13.5. The molecule has 0 unspecified atom stereocenters. The number of aryl methyl sites for hydroxylation is 1. The fraction of sp³-hybridized carbons (Fsp3) is 0.185. The van der Waals surface area contributed by atoms with Gasteiger partial charge in [-0.15, -0.1) is 0 Å². The van der Waals surface area contributed by atoms with Crippen molar-refractivity contribution in [1.29, 1.82) is 0 Å². The topological polar surface area (TPSA) is 102 Å². The zero-order valence-electron chi connectivity index (χ0n) is 21.1. The Labute approximate surface area is 218 Å². The number of benzene rings is 2. The van der Waals surface area contributed by atoms with E-state index in [1.54, 1.807) is 23.0 Å². The molecule has 196 valence electrons. The number of rotatable bonds is 7. The summed E-state index contributed by atoms with van der Waals surface area (Å²) in [5.41, 5.74) is 6.35. The maximum absolute atomic E-state index is 13.7. The molecule has 0 aliphatic heterocycles. The molecular weight excluding hydrogens is 512 g/mol. The number of H-pyrrole nitrogens is 1. The van der Waals surface area contributed by atoms with Crippen molar-refractivity contribution in [3.05, 3.63) is 83.4 Å². The number of anilines is 1. The van der Waals surface area contributed by atoms with Gasteiger partial charge in [0.2, 0.25) is 10.0 Å². The molecule has 5 aromatic rings. The normalized spacial score (nSPS) is 11.7. The molecule has 0 fully saturated rings. The van der Waals surface area contributed by atoms with Crippen LogP contribution in [0.25, 0.3) is 33.3 Å². The van der Waals surface area contributed by atoms with Crippen LogP contribution in [0.4, 0.5) is 14.5 Å². The zero-order chi connectivity index (χ0) is 27.2. The third-order valence-corrected chi connectivity index (χ3v) is 6.86. The van der Waals surface area contributed by atoms with E-state index in [0.29, 0.717) is 22.6 Å². The quantitative estimate of drug-likeness (QED) is 0.289. The lowest BCUT2D eigenvalue weighted by molar-refractivity contribution is 0.417. The summed E-state index contributed by atoms with van der Waals surface area (Å²) in [5.74, 6) is -0.872. The van der Waals surface area contributed by atoms with Crippen molar-refractivity contribution in [1.82, 2.24) is 19.7 Å². The van der Waals surface area contributed by atoms with Gasteiger partial charge in [-0.25, -0.2) is 22.2 Å². The van der Waals surface area contributed by atoms with Gasteiger partial charge >= 0.3 is 0 Å². The lowest BCUT2D eigenvalue weighted by atomic mass is 10.0. The molecule has 0 amide bonds. The third-order valence-electron chi connectivity index (χ3n) is 6.26. The van der Waals surface area contributed by atoms with Crippen LogP contribution in [0.15, 0.2) is 54.9 Å². The van der Waals surface area contributed by atoms with E-state index in [2.05, 4.69) is 19.8 Å². The number of fused-ring (bicyclic) bond motifs is 1. The summed E-state index contributed by atoms with van der Waals surface area (Å²) in [7, 11) is -2.04. The summed E-state index contributed by atoms with van der Waals surface area (Å²) in [6.07, 6.45) is 4.64. The molecule has 0 saturated carbocycles. The minimum Gasteiger partial charge on any atom is -0.495 e. The van der Waals surface area contributed by atoms with E-state index in [-0.39, 0.29) is 6.54 Å². The Kier molecular flexibility index (Phi) is 6.39. The van der Waals surface area contributed by atoms with Crippen LogP contribution in [0, 0.1) is 25.5 Å². The van der Waals surface area contributed by atoms with Gasteiger partial charge in [0.1, 0.15) is 23.0 Å². The molecule has 0 saturated heterocycles. The van der Waals surface area contributed by atoms with Crippen LogP contribution in [0.2, 0.25) is 0 Å². The summed E-state index contributed by atoms with van der Waals surface area (Å²) in [6.45, 7) is 4.01.